The van der Waals surface area contributed by atoms with E-state index in [-0.39, 0.29) is 5.91 Å². The van der Waals surface area contributed by atoms with Crippen molar-refractivity contribution in [3.8, 4) is 17.2 Å². The van der Waals surface area contributed by atoms with Crippen LogP contribution in [0.1, 0.15) is 12.8 Å². The molecule has 6 heteroatoms. The second-order valence-electron chi connectivity index (χ2n) is 5.02. The first-order valence-electron chi connectivity index (χ1n) is 7.52. The molecule has 128 valence electrons. The summed E-state index contributed by atoms with van der Waals surface area (Å²) in [5.74, 6) is 1.94. The Balaban J connectivity index is 1.78. The molecule has 0 aliphatic carbocycles. The first-order valence-corrected chi connectivity index (χ1v) is 8.32. The Bertz CT molecular complexity index is 673. The van der Waals surface area contributed by atoms with Crippen LogP contribution < -0.4 is 19.5 Å². The molecule has 0 fully saturated rings. The molecule has 5 nitrogen and oxygen atoms in total. The topological polar surface area (TPSA) is 56.8 Å². The van der Waals surface area contributed by atoms with E-state index in [0.717, 1.165) is 10.2 Å². The molecule has 2 rings (SSSR count). The van der Waals surface area contributed by atoms with Gasteiger partial charge in [0.15, 0.2) is 0 Å². The molecule has 0 saturated carbocycles. The second kappa shape index (κ2) is 9.17. The number of benzene rings is 2. The highest BCUT2D eigenvalue weighted by Crippen LogP contribution is 2.29. The van der Waals surface area contributed by atoms with Crippen molar-refractivity contribution in [2.45, 2.75) is 12.8 Å². The fraction of sp³-hybridized carbons (Fsp3) is 0.278. The number of hydrogen-bond acceptors (Lipinski definition) is 4. The average Bonchev–Trinajstić information content (AvgIpc) is 2.60. The third-order valence-corrected chi connectivity index (χ3v) is 3.84. The summed E-state index contributed by atoms with van der Waals surface area (Å²) in [4.78, 5) is 12.0. The first kappa shape index (κ1) is 18.1. The molecule has 1 N–H and O–H groups in total. The van der Waals surface area contributed by atoms with Crippen LogP contribution in [0.4, 0.5) is 5.69 Å². The molecule has 0 spiro atoms. The van der Waals surface area contributed by atoms with Crippen molar-refractivity contribution < 1.29 is 19.0 Å². The molecular weight excluding hydrogens is 374 g/mol. The summed E-state index contributed by atoms with van der Waals surface area (Å²) >= 11 is 3.37. The second-order valence-corrected chi connectivity index (χ2v) is 5.94. The van der Waals surface area contributed by atoms with E-state index in [1.54, 1.807) is 32.4 Å². The Morgan fingerprint density at radius 3 is 2.42 bits per heavy atom. The van der Waals surface area contributed by atoms with Gasteiger partial charge >= 0.3 is 0 Å². The lowest BCUT2D eigenvalue weighted by atomic mass is 10.2. The van der Waals surface area contributed by atoms with E-state index < -0.39 is 0 Å². The summed E-state index contributed by atoms with van der Waals surface area (Å²) in [6.07, 6.45) is 0.992. The van der Waals surface area contributed by atoms with E-state index in [1.165, 1.54) is 0 Å². The summed E-state index contributed by atoms with van der Waals surface area (Å²) in [6.45, 7) is 0.481. The molecule has 0 saturated heterocycles. The van der Waals surface area contributed by atoms with Gasteiger partial charge in [-0.2, -0.15) is 0 Å². The van der Waals surface area contributed by atoms with Crippen molar-refractivity contribution in [1.82, 2.24) is 0 Å². The van der Waals surface area contributed by atoms with Crippen LogP contribution in [0.5, 0.6) is 17.2 Å². The molecule has 0 unspecified atom stereocenters. The van der Waals surface area contributed by atoms with E-state index in [1.807, 2.05) is 24.3 Å². The minimum atomic E-state index is -0.0853. The fourth-order valence-electron chi connectivity index (χ4n) is 2.07. The van der Waals surface area contributed by atoms with Crippen LogP contribution in [0.3, 0.4) is 0 Å². The summed E-state index contributed by atoms with van der Waals surface area (Å²) in [5, 5.41) is 2.84. The number of hydrogen-bond donors (Lipinski definition) is 1. The molecule has 2 aromatic rings. The monoisotopic (exact) mass is 393 g/mol. The maximum atomic E-state index is 12.0. The number of anilines is 1. The van der Waals surface area contributed by atoms with Crippen molar-refractivity contribution in [3.63, 3.8) is 0 Å². The molecule has 24 heavy (non-hydrogen) atoms. The highest BCUT2D eigenvalue weighted by atomic mass is 79.9. The van der Waals surface area contributed by atoms with Crippen LogP contribution in [-0.2, 0) is 4.79 Å². The van der Waals surface area contributed by atoms with E-state index in [9.17, 15) is 4.79 Å². The van der Waals surface area contributed by atoms with Crippen LogP contribution in [0.25, 0.3) is 0 Å². The Labute approximate surface area is 150 Å². The maximum absolute atomic E-state index is 12.0. The van der Waals surface area contributed by atoms with Gasteiger partial charge in [0.25, 0.3) is 0 Å². The van der Waals surface area contributed by atoms with Gasteiger partial charge in [0, 0.05) is 17.0 Å². The van der Waals surface area contributed by atoms with Crippen LogP contribution in [0.15, 0.2) is 46.9 Å². The number of carbonyl (C=O) groups is 1. The summed E-state index contributed by atoms with van der Waals surface area (Å²) < 4.78 is 17.0. The molecule has 0 heterocycles. The third kappa shape index (κ3) is 5.45. The minimum Gasteiger partial charge on any atom is -0.497 e. The standard InChI is InChI=1S/C18H20BrNO4/c1-22-15-9-10-16(17(12-15)23-2)20-18(21)4-3-11-24-14-7-5-13(19)6-8-14/h5-10,12H,3-4,11H2,1-2H3,(H,20,21). The molecule has 0 aliphatic heterocycles. The predicted molar refractivity (Wildman–Crippen MR) is 97.0 cm³/mol. The number of methoxy groups -OCH3 is 2. The highest BCUT2D eigenvalue weighted by molar-refractivity contribution is 9.10. The third-order valence-electron chi connectivity index (χ3n) is 3.31. The van der Waals surface area contributed by atoms with Crippen LogP contribution in [0.2, 0.25) is 0 Å². The minimum absolute atomic E-state index is 0.0853. The van der Waals surface area contributed by atoms with E-state index in [2.05, 4.69) is 21.2 Å². The van der Waals surface area contributed by atoms with Crippen molar-refractivity contribution >= 4 is 27.5 Å². The Kier molecular flexibility index (Phi) is 6.93. The fourth-order valence-corrected chi connectivity index (χ4v) is 2.33. The number of nitrogens with one attached hydrogen (secondary N) is 1. The number of rotatable bonds is 8. The average molecular weight is 394 g/mol. The van der Waals surface area contributed by atoms with Gasteiger partial charge in [0.1, 0.15) is 17.2 Å². The van der Waals surface area contributed by atoms with Gasteiger partial charge in [-0.15, -0.1) is 0 Å². The Hall–Kier alpha value is -2.21. The van der Waals surface area contributed by atoms with E-state index in [4.69, 9.17) is 14.2 Å². The summed E-state index contributed by atoms with van der Waals surface area (Å²) in [5.41, 5.74) is 0.622. The van der Waals surface area contributed by atoms with Crippen LogP contribution >= 0.6 is 15.9 Å². The van der Waals surface area contributed by atoms with Gasteiger partial charge in [-0.05, 0) is 42.8 Å². The Morgan fingerprint density at radius 2 is 1.75 bits per heavy atom. The number of carbonyl (C=O) groups excluding carboxylic acids is 1. The number of ether oxygens (including phenoxy) is 3. The zero-order chi connectivity index (χ0) is 17.4. The van der Waals surface area contributed by atoms with Crippen molar-refractivity contribution in [2.75, 3.05) is 26.1 Å². The largest absolute Gasteiger partial charge is 0.497 e. The van der Waals surface area contributed by atoms with Crippen molar-refractivity contribution in [2.24, 2.45) is 0 Å². The van der Waals surface area contributed by atoms with Crippen LogP contribution in [0, 0.1) is 0 Å². The zero-order valence-electron chi connectivity index (χ0n) is 13.7. The summed E-state index contributed by atoms with van der Waals surface area (Å²) in [7, 11) is 3.13. The highest BCUT2D eigenvalue weighted by Gasteiger charge is 2.09. The molecular formula is C18H20BrNO4. The number of amides is 1. The predicted octanol–water partition coefficient (Wildman–Crippen LogP) is 4.26. The van der Waals surface area contributed by atoms with Gasteiger partial charge < -0.3 is 19.5 Å². The molecule has 0 radical (unpaired) electrons. The lowest BCUT2D eigenvalue weighted by molar-refractivity contribution is -0.116. The van der Waals surface area contributed by atoms with Gasteiger partial charge in [-0.1, -0.05) is 15.9 Å². The van der Waals surface area contributed by atoms with Gasteiger partial charge in [-0.3, -0.25) is 4.79 Å². The smallest absolute Gasteiger partial charge is 0.224 e. The molecule has 1 amide bonds. The lowest BCUT2D eigenvalue weighted by Crippen LogP contribution is -2.13. The molecule has 0 aliphatic rings. The lowest BCUT2D eigenvalue weighted by Gasteiger charge is -2.11. The van der Waals surface area contributed by atoms with Crippen LogP contribution in [-0.4, -0.2) is 26.7 Å². The zero-order valence-corrected chi connectivity index (χ0v) is 15.3. The molecule has 2 aromatic carbocycles. The first-order chi connectivity index (χ1) is 11.6. The number of halogens is 1. The van der Waals surface area contributed by atoms with Gasteiger partial charge in [0.05, 0.1) is 26.5 Å². The van der Waals surface area contributed by atoms with E-state index >= 15 is 0 Å². The van der Waals surface area contributed by atoms with Crippen molar-refractivity contribution in [1.29, 1.82) is 0 Å². The van der Waals surface area contributed by atoms with E-state index in [0.29, 0.717) is 36.6 Å². The molecule has 0 atom stereocenters. The van der Waals surface area contributed by atoms with Gasteiger partial charge in [0.2, 0.25) is 5.91 Å². The normalized spacial score (nSPS) is 10.1. The SMILES string of the molecule is COc1ccc(NC(=O)CCCOc2ccc(Br)cc2)c(OC)c1. The van der Waals surface area contributed by atoms with Gasteiger partial charge in [-0.25, -0.2) is 0 Å². The Morgan fingerprint density at radius 1 is 1.04 bits per heavy atom. The quantitative estimate of drug-likeness (QED) is 0.680. The maximum Gasteiger partial charge on any atom is 0.224 e. The summed E-state index contributed by atoms with van der Waals surface area (Å²) in [6, 6.07) is 12.9. The molecule has 0 bridgehead atoms. The van der Waals surface area contributed by atoms with Crippen molar-refractivity contribution in [3.05, 3.63) is 46.9 Å². The molecule has 0 aromatic heterocycles.